The van der Waals surface area contributed by atoms with Gasteiger partial charge in [-0.25, -0.2) is 0 Å². The topological polar surface area (TPSA) is 86.2 Å². The van der Waals surface area contributed by atoms with Gasteiger partial charge in [-0.05, 0) is 48.5 Å². The lowest BCUT2D eigenvalue weighted by atomic mass is 9.98. The lowest BCUT2D eigenvalue weighted by molar-refractivity contribution is -0.121. The quantitative estimate of drug-likeness (QED) is 0.578. The summed E-state index contributed by atoms with van der Waals surface area (Å²) in [5, 5.41) is 12.5. The van der Waals surface area contributed by atoms with Crippen LogP contribution in [0.4, 0.5) is 5.69 Å². The number of amides is 1. The Morgan fingerprint density at radius 2 is 1.92 bits per heavy atom. The number of hydrazine groups is 1. The van der Waals surface area contributed by atoms with Crippen LogP contribution in [-0.4, -0.2) is 18.1 Å². The first-order valence-electron chi connectivity index (χ1n) is 7.51. The number of anilines is 1. The first-order valence-corrected chi connectivity index (χ1v) is 7.92. The van der Waals surface area contributed by atoms with E-state index in [1.165, 1.54) is 0 Å². The number of carbonyl (C=O) groups is 1. The van der Waals surface area contributed by atoms with E-state index in [2.05, 4.69) is 16.2 Å². The number of hydrogen-bond acceptors (Lipinski definition) is 4. The first-order chi connectivity index (χ1) is 12.0. The van der Waals surface area contributed by atoms with Crippen molar-refractivity contribution in [2.45, 2.75) is 12.8 Å². The van der Waals surface area contributed by atoms with Crippen LogP contribution in [0.5, 0.6) is 5.75 Å². The van der Waals surface area contributed by atoms with Crippen molar-refractivity contribution in [3.8, 4) is 11.8 Å². The van der Waals surface area contributed by atoms with Crippen molar-refractivity contribution < 1.29 is 9.53 Å². The highest BCUT2D eigenvalue weighted by molar-refractivity contribution is 7.80. The number of nitrogens with one attached hydrogen (secondary N) is 3. The third-order valence-corrected chi connectivity index (χ3v) is 3.69. The van der Waals surface area contributed by atoms with Gasteiger partial charge >= 0.3 is 0 Å². The van der Waals surface area contributed by atoms with E-state index in [0.717, 1.165) is 11.3 Å². The van der Waals surface area contributed by atoms with Crippen LogP contribution in [0.1, 0.15) is 17.0 Å². The molecule has 6 nitrogen and oxygen atoms in total. The molecule has 128 valence electrons. The number of nitrogens with zero attached hydrogens (tertiary/aromatic N) is 1. The molecule has 0 radical (unpaired) electrons. The number of thiocarbonyl (C=S) groups is 1. The Bertz CT molecular complexity index is 802. The summed E-state index contributed by atoms with van der Waals surface area (Å²) in [6.07, 6.45) is 0. The summed E-state index contributed by atoms with van der Waals surface area (Å²) in [5.74, 6) is -0.869. The van der Waals surface area contributed by atoms with Crippen molar-refractivity contribution in [3.05, 3.63) is 59.7 Å². The summed E-state index contributed by atoms with van der Waals surface area (Å²) < 4.78 is 5.24. The number of carbonyl (C=O) groups excluding carboxylic acids is 1. The maximum atomic E-state index is 12.3. The summed E-state index contributed by atoms with van der Waals surface area (Å²) >= 11 is 5.11. The van der Waals surface area contributed by atoms with Crippen molar-refractivity contribution in [2.24, 2.45) is 0 Å². The van der Waals surface area contributed by atoms with Gasteiger partial charge in [0.25, 0.3) is 5.91 Å². The molecular formula is C18H18N4O2S. The SMILES string of the molecule is COc1cc(C(C#N)C(=O)NNC(=S)Nc2ccccc2)ccc1C. The number of benzene rings is 2. The molecule has 0 spiro atoms. The number of ether oxygens (including phenoxy) is 1. The highest BCUT2D eigenvalue weighted by Gasteiger charge is 2.21. The third kappa shape index (κ3) is 4.93. The van der Waals surface area contributed by atoms with Gasteiger partial charge in [0.2, 0.25) is 0 Å². The number of nitriles is 1. The van der Waals surface area contributed by atoms with Crippen molar-refractivity contribution in [3.63, 3.8) is 0 Å². The third-order valence-electron chi connectivity index (χ3n) is 3.49. The Morgan fingerprint density at radius 3 is 2.56 bits per heavy atom. The smallest absolute Gasteiger partial charge is 0.260 e. The van der Waals surface area contributed by atoms with E-state index in [-0.39, 0.29) is 5.11 Å². The van der Waals surface area contributed by atoms with Crippen LogP contribution in [0.2, 0.25) is 0 Å². The molecule has 0 aliphatic heterocycles. The molecule has 0 aromatic heterocycles. The van der Waals surface area contributed by atoms with E-state index in [9.17, 15) is 10.1 Å². The lowest BCUT2D eigenvalue weighted by Gasteiger charge is -2.15. The Labute approximate surface area is 151 Å². The van der Waals surface area contributed by atoms with Gasteiger partial charge in [-0.2, -0.15) is 5.26 Å². The number of aryl methyl sites for hydroxylation is 1. The predicted octanol–water partition coefficient (Wildman–Crippen LogP) is 2.63. The zero-order valence-electron chi connectivity index (χ0n) is 13.9. The molecule has 7 heteroatoms. The maximum Gasteiger partial charge on any atom is 0.260 e. The van der Waals surface area contributed by atoms with Crippen molar-refractivity contribution in [1.29, 1.82) is 5.26 Å². The van der Waals surface area contributed by atoms with Gasteiger partial charge in [0.15, 0.2) is 11.0 Å². The zero-order valence-corrected chi connectivity index (χ0v) is 14.7. The molecule has 0 bridgehead atoms. The fourth-order valence-corrected chi connectivity index (χ4v) is 2.34. The van der Waals surface area contributed by atoms with E-state index in [1.807, 2.05) is 43.3 Å². The molecule has 1 unspecified atom stereocenters. The summed E-state index contributed by atoms with van der Waals surface area (Å²) in [4.78, 5) is 12.3. The van der Waals surface area contributed by atoms with Crippen LogP contribution < -0.4 is 20.9 Å². The average molecular weight is 354 g/mol. The Kier molecular flexibility index (Phi) is 6.32. The van der Waals surface area contributed by atoms with Crippen molar-refractivity contribution >= 4 is 28.9 Å². The summed E-state index contributed by atoms with van der Waals surface area (Å²) in [7, 11) is 1.54. The van der Waals surface area contributed by atoms with Crippen LogP contribution >= 0.6 is 12.2 Å². The number of para-hydroxylation sites is 1. The molecule has 25 heavy (non-hydrogen) atoms. The van der Waals surface area contributed by atoms with Crippen LogP contribution in [-0.2, 0) is 4.79 Å². The number of rotatable bonds is 4. The second-order valence-electron chi connectivity index (χ2n) is 5.23. The van der Waals surface area contributed by atoms with E-state index >= 15 is 0 Å². The molecule has 0 heterocycles. The van der Waals surface area contributed by atoms with Crippen LogP contribution in [0, 0.1) is 18.3 Å². The van der Waals surface area contributed by atoms with Gasteiger partial charge in [-0.3, -0.25) is 15.6 Å². The molecule has 2 rings (SSSR count). The zero-order chi connectivity index (χ0) is 18.2. The standard InChI is InChI=1S/C18H18N4O2S/c1-12-8-9-13(10-16(12)24-2)15(11-19)17(23)21-22-18(25)20-14-6-4-3-5-7-14/h3-10,15H,1-2H3,(H,21,23)(H2,20,22,25). The molecule has 1 atom stereocenters. The fraction of sp³-hybridized carbons (Fsp3) is 0.167. The maximum absolute atomic E-state index is 12.3. The molecule has 3 N–H and O–H groups in total. The highest BCUT2D eigenvalue weighted by atomic mass is 32.1. The summed E-state index contributed by atoms with van der Waals surface area (Å²) in [5.41, 5.74) is 7.30. The Balaban J connectivity index is 1.98. The van der Waals surface area contributed by atoms with Crippen molar-refractivity contribution in [2.75, 3.05) is 12.4 Å². The molecule has 0 aliphatic carbocycles. The Morgan fingerprint density at radius 1 is 1.20 bits per heavy atom. The number of hydrogen-bond donors (Lipinski definition) is 3. The highest BCUT2D eigenvalue weighted by Crippen LogP contribution is 2.24. The predicted molar refractivity (Wildman–Crippen MR) is 100 cm³/mol. The van der Waals surface area contributed by atoms with Crippen LogP contribution in [0.15, 0.2) is 48.5 Å². The minimum Gasteiger partial charge on any atom is -0.496 e. The minimum atomic E-state index is -0.985. The van der Waals surface area contributed by atoms with Crippen molar-refractivity contribution in [1.82, 2.24) is 10.9 Å². The first kappa shape index (κ1) is 18.2. The second kappa shape index (κ2) is 8.66. The van der Waals surface area contributed by atoms with Crippen LogP contribution in [0.25, 0.3) is 0 Å². The monoisotopic (exact) mass is 354 g/mol. The van der Waals surface area contributed by atoms with Gasteiger partial charge in [0.1, 0.15) is 5.75 Å². The van der Waals surface area contributed by atoms with Gasteiger partial charge in [0.05, 0.1) is 13.2 Å². The lowest BCUT2D eigenvalue weighted by Crippen LogP contribution is -2.45. The molecule has 0 fully saturated rings. The largest absolute Gasteiger partial charge is 0.496 e. The molecule has 1 amide bonds. The number of methoxy groups -OCH3 is 1. The molecular weight excluding hydrogens is 336 g/mol. The average Bonchev–Trinajstić information content (AvgIpc) is 2.62. The minimum absolute atomic E-state index is 0.220. The molecule has 0 saturated carbocycles. The molecule has 0 saturated heterocycles. The van der Waals surface area contributed by atoms with E-state index < -0.39 is 11.8 Å². The second-order valence-corrected chi connectivity index (χ2v) is 5.63. The van der Waals surface area contributed by atoms with Gasteiger partial charge in [-0.1, -0.05) is 30.3 Å². The molecule has 0 aliphatic rings. The fourth-order valence-electron chi connectivity index (χ4n) is 2.18. The van der Waals surface area contributed by atoms with E-state index in [4.69, 9.17) is 17.0 Å². The van der Waals surface area contributed by atoms with Crippen LogP contribution in [0.3, 0.4) is 0 Å². The molecule has 2 aromatic carbocycles. The van der Waals surface area contributed by atoms with Gasteiger partial charge in [-0.15, -0.1) is 0 Å². The van der Waals surface area contributed by atoms with Gasteiger partial charge < -0.3 is 10.1 Å². The summed E-state index contributed by atoms with van der Waals surface area (Å²) in [6.45, 7) is 1.89. The normalized spacial score (nSPS) is 10.9. The van der Waals surface area contributed by atoms with E-state index in [0.29, 0.717) is 11.3 Å². The van der Waals surface area contributed by atoms with Gasteiger partial charge in [0, 0.05) is 5.69 Å². The summed E-state index contributed by atoms with van der Waals surface area (Å²) in [6, 6.07) is 16.5. The Hall–Kier alpha value is -3.11. The molecule has 2 aromatic rings. The van der Waals surface area contributed by atoms with E-state index in [1.54, 1.807) is 25.3 Å².